The van der Waals surface area contributed by atoms with Crippen molar-refractivity contribution in [3.05, 3.63) is 41.2 Å². The lowest BCUT2D eigenvalue weighted by atomic mass is 9.84. The van der Waals surface area contributed by atoms with Gasteiger partial charge in [0.1, 0.15) is 0 Å². The molecule has 0 saturated heterocycles. The monoisotopic (exact) mass is 269 g/mol. The molecule has 0 fully saturated rings. The zero-order chi connectivity index (χ0) is 14.0. The molecule has 0 amide bonds. The van der Waals surface area contributed by atoms with Crippen LogP contribution in [0, 0.1) is 29.3 Å². The van der Waals surface area contributed by atoms with Crippen LogP contribution in [-0.2, 0) is 0 Å². The van der Waals surface area contributed by atoms with E-state index in [0.29, 0.717) is 18.4 Å². The first-order chi connectivity index (χ1) is 8.97. The van der Waals surface area contributed by atoms with Gasteiger partial charge in [0, 0.05) is 6.54 Å². The molecule has 1 aromatic rings. The van der Waals surface area contributed by atoms with Crippen molar-refractivity contribution in [2.24, 2.45) is 11.8 Å². The van der Waals surface area contributed by atoms with Gasteiger partial charge in [0.05, 0.1) is 5.69 Å². The minimum absolute atomic E-state index is 0.0266. The average Bonchev–Trinajstić information content (AvgIpc) is 2.34. The lowest BCUT2D eigenvalue weighted by Gasteiger charge is -2.26. The molecule has 1 aliphatic rings. The molecule has 1 N–H and O–H groups in total. The fourth-order valence-corrected chi connectivity index (χ4v) is 2.76. The summed E-state index contributed by atoms with van der Waals surface area (Å²) in [6.07, 6.45) is 4.23. The summed E-state index contributed by atoms with van der Waals surface area (Å²) in [5.41, 5.74) is 1.36. The van der Waals surface area contributed by atoms with Gasteiger partial charge < -0.3 is 5.32 Å². The highest BCUT2D eigenvalue weighted by Gasteiger charge is 2.19. The Balaban J connectivity index is 2.00. The van der Waals surface area contributed by atoms with Gasteiger partial charge in [0.2, 0.25) is 0 Å². The number of nitrogens with one attached hydrogen (secondary N) is 1. The predicted molar refractivity (Wildman–Crippen MR) is 70.5 cm³/mol. The lowest BCUT2D eigenvalue weighted by Crippen LogP contribution is -2.20. The number of halogens is 3. The van der Waals surface area contributed by atoms with E-state index in [-0.39, 0.29) is 5.69 Å². The molecule has 0 saturated carbocycles. The Hall–Kier alpha value is -1.45. The van der Waals surface area contributed by atoms with Crippen LogP contribution < -0.4 is 5.32 Å². The quantitative estimate of drug-likeness (QED) is 0.629. The summed E-state index contributed by atoms with van der Waals surface area (Å²) in [6.45, 7) is 4.80. The second-order valence-electron chi connectivity index (χ2n) is 5.40. The maximum absolute atomic E-state index is 13.5. The maximum atomic E-state index is 13.5. The molecule has 2 atom stereocenters. The van der Waals surface area contributed by atoms with Crippen molar-refractivity contribution >= 4 is 5.69 Å². The number of rotatable bonds is 3. The van der Waals surface area contributed by atoms with Crippen molar-refractivity contribution in [2.45, 2.75) is 26.7 Å². The van der Waals surface area contributed by atoms with Crippen LogP contribution in [0.5, 0.6) is 0 Å². The van der Waals surface area contributed by atoms with Gasteiger partial charge in [-0.2, -0.15) is 0 Å². The molecule has 0 bridgehead atoms. The molecule has 2 rings (SSSR count). The summed E-state index contributed by atoms with van der Waals surface area (Å²) >= 11 is 0. The summed E-state index contributed by atoms with van der Waals surface area (Å²) in [5.74, 6) is -2.81. The Labute approximate surface area is 111 Å². The summed E-state index contributed by atoms with van der Waals surface area (Å²) in [7, 11) is 0. The van der Waals surface area contributed by atoms with Gasteiger partial charge in [-0.25, -0.2) is 13.2 Å². The molecule has 104 valence electrons. The van der Waals surface area contributed by atoms with Gasteiger partial charge in [0.25, 0.3) is 0 Å². The Morgan fingerprint density at radius 1 is 1.21 bits per heavy atom. The number of benzene rings is 1. The first-order valence-electron chi connectivity index (χ1n) is 6.52. The SMILES string of the molecule is CC1=CC(C)CC(CNc2ccc(F)c(F)c2F)C1. The van der Waals surface area contributed by atoms with Crippen molar-refractivity contribution in [3.8, 4) is 0 Å². The third-order valence-corrected chi connectivity index (χ3v) is 3.50. The molecule has 0 radical (unpaired) electrons. The molecule has 0 aromatic heterocycles. The van der Waals surface area contributed by atoms with E-state index < -0.39 is 17.5 Å². The van der Waals surface area contributed by atoms with Gasteiger partial charge in [-0.15, -0.1) is 0 Å². The van der Waals surface area contributed by atoms with E-state index in [1.165, 1.54) is 11.6 Å². The first kappa shape index (κ1) is 14.0. The second kappa shape index (κ2) is 5.68. The number of hydrogen-bond donors (Lipinski definition) is 1. The molecule has 19 heavy (non-hydrogen) atoms. The number of allylic oxidation sites excluding steroid dienone is 2. The van der Waals surface area contributed by atoms with Crippen LogP contribution in [0.2, 0.25) is 0 Å². The van der Waals surface area contributed by atoms with Gasteiger partial charge in [-0.3, -0.25) is 0 Å². The third-order valence-electron chi connectivity index (χ3n) is 3.50. The molecule has 0 heterocycles. The minimum Gasteiger partial charge on any atom is -0.382 e. The molecular weight excluding hydrogens is 251 g/mol. The van der Waals surface area contributed by atoms with E-state index in [2.05, 4.69) is 25.2 Å². The van der Waals surface area contributed by atoms with E-state index in [1.54, 1.807) is 0 Å². The Morgan fingerprint density at radius 3 is 2.63 bits per heavy atom. The van der Waals surface area contributed by atoms with Crippen molar-refractivity contribution < 1.29 is 13.2 Å². The molecule has 0 spiro atoms. The van der Waals surface area contributed by atoms with Crippen molar-refractivity contribution in [1.29, 1.82) is 0 Å². The van der Waals surface area contributed by atoms with Crippen LogP contribution in [0.1, 0.15) is 26.7 Å². The largest absolute Gasteiger partial charge is 0.382 e. The van der Waals surface area contributed by atoms with Crippen LogP contribution in [0.15, 0.2) is 23.8 Å². The molecular formula is C15H18F3N. The highest BCUT2D eigenvalue weighted by molar-refractivity contribution is 5.45. The lowest BCUT2D eigenvalue weighted by molar-refractivity contribution is 0.418. The first-order valence-corrected chi connectivity index (χ1v) is 6.52. The summed E-state index contributed by atoms with van der Waals surface area (Å²) in [5, 5.41) is 2.88. The average molecular weight is 269 g/mol. The van der Waals surface area contributed by atoms with E-state index in [1.807, 2.05) is 0 Å². The fraction of sp³-hybridized carbons (Fsp3) is 0.467. The van der Waals surface area contributed by atoms with Crippen LogP contribution in [0.4, 0.5) is 18.9 Å². The van der Waals surface area contributed by atoms with Crippen LogP contribution in [0.3, 0.4) is 0 Å². The third kappa shape index (κ3) is 3.31. The van der Waals surface area contributed by atoms with Crippen molar-refractivity contribution in [1.82, 2.24) is 0 Å². The van der Waals surface area contributed by atoms with Gasteiger partial charge in [-0.1, -0.05) is 18.6 Å². The van der Waals surface area contributed by atoms with Crippen molar-refractivity contribution in [2.75, 3.05) is 11.9 Å². The fourth-order valence-electron chi connectivity index (χ4n) is 2.76. The summed E-state index contributed by atoms with van der Waals surface area (Å²) < 4.78 is 39.4. The maximum Gasteiger partial charge on any atom is 0.196 e. The number of anilines is 1. The van der Waals surface area contributed by atoms with E-state index in [0.717, 1.165) is 18.9 Å². The number of hydrogen-bond acceptors (Lipinski definition) is 1. The normalized spacial score (nSPS) is 23.1. The topological polar surface area (TPSA) is 12.0 Å². The van der Waals surface area contributed by atoms with E-state index in [4.69, 9.17) is 0 Å². The van der Waals surface area contributed by atoms with Gasteiger partial charge >= 0.3 is 0 Å². The Morgan fingerprint density at radius 2 is 1.95 bits per heavy atom. The van der Waals surface area contributed by atoms with Crippen LogP contribution in [-0.4, -0.2) is 6.54 Å². The zero-order valence-electron chi connectivity index (χ0n) is 11.1. The standard InChI is InChI=1S/C15H18F3N/c1-9-5-10(2)7-11(6-9)8-19-13-4-3-12(16)14(17)15(13)18/h3-5,9,11,19H,6-8H2,1-2H3. The summed E-state index contributed by atoms with van der Waals surface area (Å²) in [4.78, 5) is 0. The molecule has 2 unspecified atom stereocenters. The van der Waals surface area contributed by atoms with Gasteiger partial charge in [-0.05, 0) is 43.7 Å². The summed E-state index contributed by atoms with van der Waals surface area (Å²) in [6, 6.07) is 2.18. The Bertz CT molecular complexity index is 496. The highest BCUT2D eigenvalue weighted by atomic mass is 19.2. The minimum atomic E-state index is -1.42. The predicted octanol–water partition coefficient (Wildman–Crippen LogP) is 4.51. The van der Waals surface area contributed by atoms with Crippen molar-refractivity contribution in [3.63, 3.8) is 0 Å². The molecule has 1 nitrogen and oxygen atoms in total. The molecule has 1 aliphatic carbocycles. The highest BCUT2D eigenvalue weighted by Crippen LogP contribution is 2.28. The molecule has 4 heteroatoms. The zero-order valence-corrected chi connectivity index (χ0v) is 11.1. The Kier molecular flexibility index (Phi) is 4.17. The van der Waals surface area contributed by atoms with E-state index in [9.17, 15) is 13.2 Å². The molecule has 0 aliphatic heterocycles. The van der Waals surface area contributed by atoms with E-state index >= 15 is 0 Å². The smallest absolute Gasteiger partial charge is 0.196 e. The van der Waals surface area contributed by atoms with Crippen LogP contribution in [0.25, 0.3) is 0 Å². The molecule has 1 aromatic carbocycles. The van der Waals surface area contributed by atoms with Gasteiger partial charge in [0.15, 0.2) is 17.5 Å². The second-order valence-corrected chi connectivity index (χ2v) is 5.40. The van der Waals surface area contributed by atoms with Crippen LogP contribution >= 0.6 is 0 Å².